The van der Waals surface area contributed by atoms with Gasteiger partial charge >= 0.3 is 5.97 Å². The second-order valence-electron chi connectivity index (χ2n) is 31.4. The Bertz CT molecular complexity index is 2380. The predicted molar refractivity (Wildman–Crippen MR) is 371 cm³/mol. The van der Waals surface area contributed by atoms with E-state index >= 15 is 0 Å². The van der Waals surface area contributed by atoms with E-state index in [-0.39, 0.29) is 91.7 Å². The highest BCUT2D eigenvalue weighted by Crippen LogP contribution is 2.41. The number of aliphatic hydroxyl groups is 3. The van der Waals surface area contributed by atoms with Gasteiger partial charge in [-0.05, 0) is 124 Å². The standard InChI is InChI=1S/C13H18O4.C12H16O4.C9H19NO.C9H17NO.C9H15NO.C7H17NO.C6H15NO.C6H15N/c1-13(2,3)12-10(16)6-8-9(15)4-7(14)5-11(8)17-12;1-7-9(13)5-8(6-10(7)14)11(15)16-12(2,3)4;3*1-5-8(11)10-7-6-9(2,3)4;1-7(2,3)6(9)5-8-4;1-6(2,3)5(8)4-7;1-6(2,3)4-5-7/h4-5,10,12,14-16H,6H2,1-3H3;5-6,13-14H,1-4H3;5-7H2,1-4H3,(H,10,11);5H,1,6-7H2,2-4H3,(H,10,11);1H,6-7H2,2-4H3,(H,10,11);6,8-9H,5H2,1-4H3;5,8H,4,7H2,1-3H3;4-5,7H2,1-3H3. The smallest absolute Gasteiger partial charge is 0.338 e. The molecule has 2 aromatic carbocycles. The topological polar surface area (TPSA) is 329 Å². The number of esters is 1. The molecule has 4 atom stereocenters. The Labute approximate surface area is 546 Å². The van der Waals surface area contributed by atoms with Crippen molar-refractivity contribution in [2.24, 2.45) is 49.4 Å². The minimum atomic E-state index is -0.655. The highest BCUT2D eigenvalue weighted by atomic mass is 16.6. The van der Waals surface area contributed by atoms with Gasteiger partial charge in [0, 0.05) is 74.2 Å². The number of likely N-dealkylation sites (N-methyl/N-ethyl adjacent to an activating group) is 1. The summed E-state index contributed by atoms with van der Waals surface area (Å²) in [6.45, 7) is 59.9. The lowest BCUT2D eigenvalue weighted by atomic mass is 9.82. The van der Waals surface area contributed by atoms with E-state index in [9.17, 15) is 49.8 Å². The third-order valence-electron chi connectivity index (χ3n) is 12.7. The van der Waals surface area contributed by atoms with Crippen LogP contribution in [-0.4, -0.2) is 136 Å². The van der Waals surface area contributed by atoms with Crippen molar-refractivity contribution in [3.05, 3.63) is 53.6 Å². The fourth-order valence-corrected chi connectivity index (χ4v) is 6.57. The molecule has 0 spiro atoms. The van der Waals surface area contributed by atoms with Gasteiger partial charge < -0.3 is 78.0 Å². The van der Waals surface area contributed by atoms with Crippen molar-refractivity contribution in [1.82, 2.24) is 21.3 Å². The maximum atomic E-state index is 11.6. The Kier molecular flexibility index (Phi) is 44.7. The molecule has 3 rings (SSSR count). The molecule has 1 aliphatic rings. The maximum absolute atomic E-state index is 11.6. The van der Waals surface area contributed by atoms with Crippen LogP contribution in [0.15, 0.2) is 36.9 Å². The number of amides is 3. The molecule has 19 heteroatoms. The van der Waals surface area contributed by atoms with Crippen LogP contribution in [0.25, 0.3) is 0 Å². The average Bonchev–Trinajstić information content (AvgIpc) is 3.58. The molecule has 524 valence electrons. The number of nitrogens with two attached hydrogens (primary N) is 2. The van der Waals surface area contributed by atoms with Gasteiger partial charge in [-0.15, -0.1) is 6.42 Å². The number of aromatic hydroxyl groups is 4. The van der Waals surface area contributed by atoms with E-state index in [1.807, 2.05) is 82.2 Å². The van der Waals surface area contributed by atoms with Crippen molar-refractivity contribution >= 4 is 23.7 Å². The minimum Gasteiger partial charge on any atom is -0.508 e. The zero-order valence-electron chi connectivity index (χ0n) is 61.2. The molecule has 0 bridgehead atoms. The van der Waals surface area contributed by atoms with Crippen LogP contribution >= 0.6 is 0 Å². The normalized spacial score (nSPS) is 14.4. The zero-order valence-corrected chi connectivity index (χ0v) is 61.2. The van der Waals surface area contributed by atoms with Gasteiger partial charge in [0.15, 0.2) is 0 Å². The number of fused-ring (bicyclic) bond motifs is 1. The van der Waals surface area contributed by atoms with Gasteiger partial charge in [0.25, 0.3) is 5.91 Å². The molecule has 1 aliphatic heterocycles. The van der Waals surface area contributed by atoms with Crippen molar-refractivity contribution in [3.63, 3.8) is 0 Å². The Morgan fingerprint density at radius 1 is 0.678 bits per heavy atom. The summed E-state index contributed by atoms with van der Waals surface area (Å²) < 4.78 is 10.8. The van der Waals surface area contributed by atoms with Crippen LogP contribution in [0, 0.1) is 57.2 Å². The first-order valence-corrected chi connectivity index (χ1v) is 31.4. The number of benzene rings is 2. The Morgan fingerprint density at radius 3 is 1.40 bits per heavy atom. The number of carbonyl (C=O) groups is 4. The van der Waals surface area contributed by atoms with E-state index < -0.39 is 17.7 Å². The van der Waals surface area contributed by atoms with Crippen molar-refractivity contribution in [2.75, 3.05) is 46.3 Å². The Morgan fingerprint density at radius 2 is 1.10 bits per heavy atom. The first-order valence-electron chi connectivity index (χ1n) is 31.4. The molecular formula is C71H132N6O13. The van der Waals surface area contributed by atoms with Crippen LogP contribution < -0.4 is 37.5 Å². The van der Waals surface area contributed by atoms with Crippen LogP contribution in [0.1, 0.15) is 227 Å². The van der Waals surface area contributed by atoms with Gasteiger partial charge in [0.2, 0.25) is 11.8 Å². The lowest BCUT2D eigenvalue weighted by Gasteiger charge is -2.38. The molecule has 90 heavy (non-hydrogen) atoms. The summed E-state index contributed by atoms with van der Waals surface area (Å²) in [5.74, 6) is 1.29. The van der Waals surface area contributed by atoms with Gasteiger partial charge in [-0.3, -0.25) is 14.4 Å². The highest BCUT2D eigenvalue weighted by Gasteiger charge is 2.38. The molecule has 4 unspecified atom stereocenters. The van der Waals surface area contributed by atoms with Crippen molar-refractivity contribution < 1.29 is 64.4 Å². The Balaban J connectivity index is -0.000000311. The summed E-state index contributed by atoms with van der Waals surface area (Å²) in [6.07, 6.45) is 9.55. The summed E-state index contributed by atoms with van der Waals surface area (Å²) in [5.41, 5.74) is 12.0. The SMILES string of the molecule is C#CC(=O)NCCC(C)(C)C.C=CC(=O)NCCC(C)(C)C.CC(C)(C)C(O)CN.CC(C)(C)C1Oc2cc(O)cc(O)c2CC1O.CC(C)(C)CCN.CCC(=O)NCCC(C)(C)C.CNCC(O)C(C)(C)C.Cc1c(O)cc(C(=O)OC(C)(C)C)cc1O. The minimum absolute atomic E-state index is 0.00299. The van der Waals surface area contributed by atoms with Gasteiger partial charge in [-0.2, -0.15) is 0 Å². The predicted octanol–water partition coefficient (Wildman–Crippen LogP) is 11.4. The molecule has 1 heterocycles. The number of ether oxygens (including phenoxy) is 2. The lowest BCUT2D eigenvalue weighted by Crippen LogP contribution is -2.46. The first kappa shape index (κ1) is 93.1. The quantitative estimate of drug-likeness (QED) is 0.0503. The van der Waals surface area contributed by atoms with Crippen LogP contribution in [0.3, 0.4) is 0 Å². The summed E-state index contributed by atoms with van der Waals surface area (Å²) in [6, 6.07) is 5.29. The number of aliphatic hydroxyl groups excluding tert-OH is 3. The fourth-order valence-electron chi connectivity index (χ4n) is 6.57. The third-order valence-corrected chi connectivity index (χ3v) is 12.7. The van der Waals surface area contributed by atoms with Crippen molar-refractivity contribution in [2.45, 2.75) is 249 Å². The molecule has 19 nitrogen and oxygen atoms in total. The number of hydrogen-bond donors (Lipinski definition) is 13. The number of nitrogens with one attached hydrogen (secondary N) is 4. The summed E-state index contributed by atoms with van der Waals surface area (Å²) >= 11 is 0. The fraction of sp³-hybridized carbons (Fsp3) is 0.718. The number of rotatable bonds is 13. The number of hydrogen-bond acceptors (Lipinski definition) is 16. The molecule has 15 N–H and O–H groups in total. The van der Waals surface area contributed by atoms with Crippen LogP contribution in [0.4, 0.5) is 0 Å². The highest BCUT2D eigenvalue weighted by molar-refractivity contribution is 5.92. The van der Waals surface area contributed by atoms with E-state index in [0.717, 1.165) is 45.3 Å². The van der Waals surface area contributed by atoms with E-state index in [4.69, 9.17) is 32.5 Å². The number of carbonyl (C=O) groups excluding carboxylic acids is 4. The zero-order chi connectivity index (χ0) is 72.2. The third kappa shape index (κ3) is 53.1. The van der Waals surface area contributed by atoms with Crippen LogP contribution in [-0.2, 0) is 25.5 Å². The number of terminal acetylenes is 1. The van der Waals surface area contributed by atoms with E-state index in [2.05, 4.69) is 111 Å². The Hall–Kier alpha value is -5.62. The summed E-state index contributed by atoms with van der Waals surface area (Å²) in [5, 5.41) is 77.6. The van der Waals surface area contributed by atoms with Crippen molar-refractivity contribution in [3.8, 4) is 41.1 Å². The van der Waals surface area contributed by atoms with Crippen LogP contribution in [0.2, 0.25) is 0 Å². The second kappa shape index (κ2) is 43.3. The lowest BCUT2D eigenvalue weighted by molar-refractivity contribution is -0.121. The van der Waals surface area contributed by atoms with E-state index in [0.29, 0.717) is 60.2 Å². The number of phenolic OH excluding ortho intramolecular Hbond substituents is 4. The molecule has 0 aromatic heterocycles. The molecule has 2 aromatic rings. The van der Waals surface area contributed by atoms with Gasteiger partial charge in [-0.1, -0.05) is 159 Å². The van der Waals surface area contributed by atoms with Gasteiger partial charge in [0.1, 0.15) is 40.5 Å². The average molecular weight is 1280 g/mol. The first-order chi connectivity index (χ1) is 40.4. The molecular weight excluding hydrogens is 1140 g/mol. The van der Waals surface area contributed by atoms with Gasteiger partial charge in [-0.25, -0.2) is 4.79 Å². The van der Waals surface area contributed by atoms with E-state index in [1.54, 1.807) is 27.7 Å². The van der Waals surface area contributed by atoms with Crippen molar-refractivity contribution in [1.29, 1.82) is 0 Å². The largest absolute Gasteiger partial charge is 0.508 e. The molecule has 3 amide bonds. The maximum Gasteiger partial charge on any atom is 0.338 e. The van der Waals surface area contributed by atoms with Gasteiger partial charge in [0.05, 0.1) is 23.9 Å². The molecule has 0 radical (unpaired) electrons. The van der Waals surface area contributed by atoms with Crippen LogP contribution in [0.5, 0.6) is 28.7 Å². The summed E-state index contributed by atoms with van der Waals surface area (Å²) in [7, 11) is 1.84. The second-order valence-corrected chi connectivity index (χ2v) is 31.4. The summed E-state index contributed by atoms with van der Waals surface area (Å²) in [4.78, 5) is 43.6. The number of phenols is 4. The monoisotopic (exact) mass is 1280 g/mol. The molecule has 0 fully saturated rings. The molecule has 0 saturated carbocycles. The van der Waals surface area contributed by atoms with E-state index in [1.165, 1.54) is 30.3 Å². The molecule has 0 aliphatic carbocycles. The molecule has 0 saturated heterocycles.